The number of nitrogens with zero attached hydrogens (tertiary/aromatic N) is 2. The quantitative estimate of drug-likeness (QED) is 0.0358. The third-order valence-electron chi connectivity index (χ3n) is 16.7. The van der Waals surface area contributed by atoms with Crippen LogP contribution in [0.2, 0.25) is 0 Å². The molecule has 0 saturated heterocycles. The molecule has 2 aromatic carbocycles. The van der Waals surface area contributed by atoms with Gasteiger partial charge in [-0.25, -0.2) is 4.70 Å². The van der Waals surface area contributed by atoms with Crippen molar-refractivity contribution in [2.45, 2.75) is 349 Å². The van der Waals surface area contributed by atoms with Crippen molar-refractivity contribution in [2.75, 3.05) is 0 Å². The predicted molar refractivity (Wildman–Crippen MR) is 339 cm³/mol. The fourth-order valence-electron chi connectivity index (χ4n) is 11.8. The van der Waals surface area contributed by atoms with Gasteiger partial charge in [0.1, 0.15) is 0 Å². The zero-order chi connectivity index (χ0) is 54.0. The van der Waals surface area contributed by atoms with Crippen LogP contribution in [0.15, 0.2) is 71.8 Å². The Morgan fingerprint density at radius 1 is 0.382 bits per heavy atom. The zero-order valence-electron chi connectivity index (χ0n) is 51.0. The maximum atomic E-state index is 12.4. The maximum absolute atomic E-state index is 12.4. The number of allylic oxidation sites excluding steroid dienone is 4. The fourth-order valence-corrected chi connectivity index (χ4v) is 11.8. The van der Waals surface area contributed by atoms with Crippen LogP contribution in [0.1, 0.15) is 358 Å². The molecule has 0 fully saturated rings. The van der Waals surface area contributed by atoms with E-state index in [1.54, 1.807) is 4.70 Å². The number of hydrogen-bond acceptors (Lipinski definition) is 0. The van der Waals surface area contributed by atoms with Crippen LogP contribution >= 0.6 is 0 Å². The highest BCUT2D eigenvalue weighted by molar-refractivity contribution is 5.84. The van der Waals surface area contributed by atoms with Gasteiger partial charge >= 0.3 is 0 Å². The molecule has 2 nitrogen and oxygen atoms in total. The molecule has 0 bridgehead atoms. The summed E-state index contributed by atoms with van der Waals surface area (Å²) in [6.07, 6.45) is 72.5. The second-order valence-corrected chi connectivity index (χ2v) is 23.8. The predicted octanol–water partition coefficient (Wildman–Crippen LogP) is 25.4. The van der Waals surface area contributed by atoms with E-state index in [-0.39, 0.29) is 0 Å². The first-order chi connectivity index (χ1) is 37.6. The summed E-state index contributed by atoms with van der Waals surface area (Å²) >= 11 is 0. The van der Waals surface area contributed by atoms with Crippen LogP contribution in [-0.2, 0) is 6.42 Å². The summed E-state index contributed by atoms with van der Waals surface area (Å²) in [6.45, 7) is 9.06. The van der Waals surface area contributed by atoms with E-state index >= 15 is 0 Å². The Bertz CT molecular complexity index is 1840. The average Bonchev–Trinajstić information content (AvgIpc) is 3.74. The van der Waals surface area contributed by atoms with Crippen LogP contribution in [0.25, 0.3) is 16.9 Å². The normalized spacial score (nSPS) is 12.8. The third kappa shape index (κ3) is 32.7. The Morgan fingerprint density at radius 3 is 1.18 bits per heavy atom. The summed E-state index contributed by atoms with van der Waals surface area (Å²) in [5.74, 6) is 7.09. The summed E-state index contributed by atoms with van der Waals surface area (Å²) in [7, 11) is 0. The molecule has 0 N–H and O–H groups in total. The summed E-state index contributed by atoms with van der Waals surface area (Å²) in [5, 5.41) is 0. The molecule has 0 aromatic heterocycles. The second kappa shape index (κ2) is 48.9. The van der Waals surface area contributed by atoms with Gasteiger partial charge in [-0.15, -0.1) is 11.8 Å². The van der Waals surface area contributed by atoms with Gasteiger partial charge in [-0.1, -0.05) is 338 Å². The molecule has 0 spiro atoms. The number of rotatable bonds is 52. The molecule has 1 aliphatic heterocycles. The van der Waals surface area contributed by atoms with Crippen LogP contribution < -0.4 is 0 Å². The Kier molecular flexibility index (Phi) is 43.2. The van der Waals surface area contributed by atoms with Crippen molar-refractivity contribution in [1.29, 1.82) is 0 Å². The van der Waals surface area contributed by atoms with Crippen molar-refractivity contribution >= 4 is 11.4 Å². The van der Waals surface area contributed by atoms with E-state index in [9.17, 15) is 5.53 Å². The SMILES string of the molecule is CCCCCCCCCCCCCCCCCCCC=CC1=C(c2ccccc2CCC#CCCCCCCCCCCCCCCCCCCCCCCCCCC)[N+](=[N-])C(c2ccc(C)cc2)=C1CCCCCC. The first kappa shape index (κ1) is 67.1. The zero-order valence-corrected chi connectivity index (χ0v) is 51.0. The molecular formula is C74H122N2. The van der Waals surface area contributed by atoms with Crippen molar-refractivity contribution in [1.82, 2.24) is 0 Å². The molecule has 0 amide bonds. The molecule has 1 aliphatic rings. The van der Waals surface area contributed by atoms with Crippen molar-refractivity contribution in [2.24, 2.45) is 0 Å². The fraction of sp³-hybridized carbons (Fsp3) is 0.730. The topological polar surface area (TPSA) is 25.3 Å². The van der Waals surface area contributed by atoms with E-state index in [2.05, 4.69) is 100 Å². The molecule has 1 heterocycles. The lowest BCUT2D eigenvalue weighted by molar-refractivity contribution is -0.345. The van der Waals surface area contributed by atoms with Crippen molar-refractivity contribution < 1.29 is 4.70 Å². The van der Waals surface area contributed by atoms with Crippen molar-refractivity contribution in [3.63, 3.8) is 0 Å². The molecule has 0 saturated carbocycles. The van der Waals surface area contributed by atoms with Crippen LogP contribution in [0.5, 0.6) is 0 Å². The van der Waals surface area contributed by atoms with E-state index in [0.29, 0.717) is 0 Å². The smallest absolute Gasteiger partial charge is 0.215 e. The molecule has 2 heteroatoms. The third-order valence-corrected chi connectivity index (χ3v) is 16.7. The van der Waals surface area contributed by atoms with Gasteiger partial charge < -0.3 is 5.53 Å². The molecule has 76 heavy (non-hydrogen) atoms. The number of benzene rings is 2. The van der Waals surface area contributed by atoms with E-state index in [1.807, 2.05) is 0 Å². The van der Waals surface area contributed by atoms with Gasteiger partial charge in [-0.2, -0.15) is 0 Å². The van der Waals surface area contributed by atoms with Gasteiger partial charge in [-0.05, 0) is 69.2 Å². The van der Waals surface area contributed by atoms with E-state index in [1.165, 1.54) is 305 Å². The molecule has 2 aromatic rings. The molecular weight excluding hydrogens is 917 g/mol. The van der Waals surface area contributed by atoms with Gasteiger partial charge in [0.2, 0.25) is 11.4 Å². The molecule has 3 rings (SSSR count). The number of hydrogen-bond donors (Lipinski definition) is 0. The number of unbranched alkanes of at least 4 members (excludes halogenated alkanes) is 44. The molecule has 0 unspecified atom stereocenters. The Hall–Kier alpha value is -3.18. The highest BCUT2D eigenvalue weighted by Crippen LogP contribution is 2.44. The van der Waals surface area contributed by atoms with Gasteiger partial charge in [-0.3, -0.25) is 0 Å². The number of aryl methyl sites for hydroxylation is 2. The van der Waals surface area contributed by atoms with Crippen LogP contribution in [-0.4, -0.2) is 4.70 Å². The van der Waals surface area contributed by atoms with E-state index in [4.69, 9.17) is 0 Å². The van der Waals surface area contributed by atoms with Gasteiger partial charge in [0.15, 0.2) is 0 Å². The van der Waals surface area contributed by atoms with Crippen LogP contribution in [0, 0.1) is 18.8 Å². The monoisotopic (exact) mass is 1040 g/mol. The van der Waals surface area contributed by atoms with Crippen LogP contribution in [0.4, 0.5) is 0 Å². The van der Waals surface area contributed by atoms with Crippen LogP contribution in [0.3, 0.4) is 0 Å². The Balaban J connectivity index is 1.39. The summed E-state index contributed by atoms with van der Waals surface area (Å²) in [4.78, 5) is 0. The van der Waals surface area contributed by atoms with Crippen molar-refractivity contribution in [3.8, 4) is 11.8 Å². The molecule has 428 valence electrons. The standard InChI is InChI=1S/C74H122N2/c1-5-8-11-14-16-18-20-22-24-26-28-29-30-31-32-33-34-35-36-38-39-41-43-45-47-49-51-53-58-68-59-56-57-60-70(68)74-72(71(61-54-13-10-7-3)73(76(74)75)69-65-63-67(4)64-66-69)62-55-52-50-48-46-44-42-40-37-27-25-23-21-19-17-15-12-9-6-2/h55-57,59-60,62-66H,5-48,50,52-54,58,61H2,1-4H3. The summed E-state index contributed by atoms with van der Waals surface area (Å²) < 4.78 is 1.56. The van der Waals surface area contributed by atoms with Gasteiger partial charge in [0.05, 0.1) is 5.57 Å². The lowest BCUT2D eigenvalue weighted by Crippen LogP contribution is -2.05. The lowest BCUT2D eigenvalue weighted by Gasteiger charge is -2.12. The largest absolute Gasteiger partial charge is 0.493 e. The Labute approximate surface area is 473 Å². The average molecular weight is 1040 g/mol. The molecule has 0 atom stereocenters. The van der Waals surface area contributed by atoms with Gasteiger partial charge in [0.25, 0.3) is 0 Å². The lowest BCUT2D eigenvalue weighted by atomic mass is 9.92. The highest BCUT2D eigenvalue weighted by atomic mass is 15.2. The minimum absolute atomic E-state index is 0.849. The second-order valence-electron chi connectivity index (χ2n) is 23.8. The van der Waals surface area contributed by atoms with E-state index < -0.39 is 0 Å². The summed E-state index contributed by atoms with van der Waals surface area (Å²) in [6, 6.07) is 17.6. The first-order valence-corrected chi connectivity index (χ1v) is 33.9. The minimum Gasteiger partial charge on any atom is -0.493 e. The maximum Gasteiger partial charge on any atom is 0.215 e. The first-order valence-electron chi connectivity index (χ1n) is 33.9. The van der Waals surface area contributed by atoms with E-state index in [0.717, 1.165) is 61.0 Å². The molecule has 0 aliphatic carbocycles. The summed E-state index contributed by atoms with van der Waals surface area (Å²) in [5.41, 5.74) is 21.5. The Morgan fingerprint density at radius 2 is 0.750 bits per heavy atom. The van der Waals surface area contributed by atoms with Gasteiger partial charge in [0, 0.05) is 29.5 Å². The molecule has 0 radical (unpaired) electrons. The highest BCUT2D eigenvalue weighted by Gasteiger charge is 2.35. The van der Waals surface area contributed by atoms with Crippen molar-refractivity contribution in [3.05, 3.63) is 99.6 Å². The minimum atomic E-state index is 0.849.